The van der Waals surface area contributed by atoms with Crippen LogP contribution in [0.2, 0.25) is 0 Å². The third-order valence-electron chi connectivity index (χ3n) is 0.408. The van der Waals surface area contributed by atoms with Gasteiger partial charge in [-0.15, -0.1) is 0 Å². The van der Waals surface area contributed by atoms with Gasteiger partial charge in [0, 0.05) is 0 Å². The number of hydrogen-bond acceptors (Lipinski definition) is 0. The molecule has 1 nitrogen and oxygen atoms in total. The van der Waals surface area contributed by atoms with E-state index < -0.39 is 0 Å². The highest BCUT2D eigenvalue weighted by atomic mass is 14.7. The molecule has 1 heteroatoms. The second kappa shape index (κ2) is 1.94. The minimum absolute atomic E-state index is 0.523. The summed E-state index contributed by atoms with van der Waals surface area (Å²) in [5.41, 5.74) is 0. The van der Waals surface area contributed by atoms with Gasteiger partial charge in [0.05, 0.1) is 0 Å². The first-order valence-electron chi connectivity index (χ1n) is 1.80. The molecule has 0 aromatic heterocycles. The molecule has 0 aliphatic carbocycles. The van der Waals surface area contributed by atoms with Crippen molar-refractivity contribution in [3.63, 3.8) is 0 Å². The van der Waals surface area contributed by atoms with Crippen LogP contribution in [0.5, 0.6) is 0 Å². The zero-order chi connectivity index (χ0) is 4.28. The summed E-state index contributed by atoms with van der Waals surface area (Å²) in [4.78, 5) is 2.78. The van der Waals surface area contributed by atoms with Crippen LogP contribution in [0.25, 0.3) is 0 Å². The van der Waals surface area contributed by atoms with E-state index in [0.717, 1.165) is 0 Å². The van der Waals surface area contributed by atoms with Gasteiger partial charge in [-0.05, 0) is 13.8 Å². The SMILES string of the molecule is C=[NH+]C(C)C. The second-order valence-electron chi connectivity index (χ2n) is 1.36. The Kier molecular flexibility index (Phi) is 1.81. The Labute approximate surface area is 32.7 Å². The van der Waals surface area contributed by atoms with E-state index >= 15 is 0 Å². The van der Waals surface area contributed by atoms with E-state index in [1.54, 1.807) is 0 Å². The number of nitrogens with one attached hydrogen (secondary N) is 1. The van der Waals surface area contributed by atoms with Crippen molar-refractivity contribution in [3.8, 4) is 0 Å². The lowest BCUT2D eigenvalue weighted by atomic mass is 10.4. The van der Waals surface area contributed by atoms with Crippen LogP contribution < -0.4 is 4.99 Å². The van der Waals surface area contributed by atoms with E-state index in [1.165, 1.54) is 0 Å². The van der Waals surface area contributed by atoms with Gasteiger partial charge >= 0.3 is 0 Å². The van der Waals surface area contributed by atoms with Crippen LogP contribution in [0, 0.1) is 0 Å². The van der Waals surface area contributed by atoms with Gasteiger partial charge in [-0.25, -0.2) is 0 Å². The normalized spacial score (nSPS) is 8.60. The maximum atomic E-state index is 3.44. The molecule has 0 saturated carbocycles. The van der Waals surface area contributed by atoms with Crippen molar-refractivity contribution < 1.29 is 4.99 Å². The lowest BCUT2D eigenvalue weighted by molar-refractivity contribution is -0.483. The van der Waals surface area contributed by atoms with Crippen molar-refractivity contribution in [2.75, 3.05) is 0 Å². The predicted octanol–water partition coefficient (Wildman–Crippen LogP) is -0.824. The fourth-order valence-electron chi connectivity index (χ4n) is 0. The smallest absolute Gasteiger partial charge is 0.144 e. The first-order chi connectivity index (χ1) is 2.27. The first-order valence-corrected chi connectivity index (χ1v) is 1.80. The largest absolute Gasteiger partial charge is 0.252 e. The van der Waals surface area contributed by atoms with Crippen molar-refractivity contribution in [2.45, 2.75) is 19.9 Å². The Morgan fingerprint density at radius 2 is 1.80 bits per heavy atom. The number of hydrogen-bond donors (Lipinski definition) is 1. The van der Waals surface area contributed by atoms with Crippen LogP contribution in [-0.4, -0.2) is 12.8 Å². The average molecular weight is 72.1 g/mol. The first kappa shape index (κ1) is 4.67. The quantitative estimate of drug-likeness (QED) is 0.389. The number of rotatable bonds is 1. The van der Waals surface area contributed by atoms with Gasteiger partial charge in [-0.1, -0.05) is 0 Å². The molecule has 1 N–H and O–H groups in total. The predicted molar refractivity (Wildman–Crippen MR) is 23.2 cm³/mol. The van der Waals surface area contributed by atoms with Crippen LogP contribution in [0.15, 0.2) is 0 Å². The zero-order valence-electron chi connectivity index (χ0n) is 3.78. The van der Waals surface area contributed by atoms with Crippen molar-refractivity contribution in [3.05, 3.63) is 0 Å². The highest BCUT2D eigenvalue weighted by Gasteiger charge is 1.81. The van der Waals surface area contributed by atoms with Crippen molar-refractivity contribution >= 4 is 6.72 Å². The van der Waals surface area contributed by atoms with Crippen LogP contribution >= 0.6 is 0 Å². The van der Waals surface area contributed by atoms with Gasteiger partial charge in [0.15, 0.2) is 0 Å². The standard InChI is InChI=1S/C4H9N/c1-4(2)5-3/h4H,3H2,1-2H3/p+1. The van der Waals surface area contributed by atoms with Crippen LogP contribution in [-0.2, 0) is 0 Å². The summed E-state index contributed by atoms with van der Waals surface area (Å²) in [7, 11) is 0. The highest BCUT2D eigenvalue weighted by Crippen LogP contribution is 1.54. The highest BCUT2D eigenvalue weighted by molar-refractivity contribution is 5.12. The molecule has 0 radical (unpaired) electrons. The van der Waals surface area contributed by atoms with E-state index in [9.17, 15) is 0 Å². The fourth-order valence-corrected chi connectivity index (χ4v) is 0. The van der Waals surface area contributed by atoms with E-state index in [4.69, 9.17) is 0 Å². The molecular formula is C4H10N+. The third-order valence-corrected chi connectivity index (χ3v) is 0.408. The van der Waals surface area contributed by atoms with Crippen LogP contribution in [0.3, 0.4) is 0 Å². The van der Waals surface area contributed by atoms with Crippen molar-refractivity contribution in [2.24, 2.45) is 0 Å². The maximum Gasteiger partial charge on any atom is 0.144 e. The van der Waals surface area contributed by atoms with E-state index in [-0.39, 0.29) is 0 Å². The van der Waals surface area contributed by atoms with Crippen molar-refractivity contribution in [1.29, 1.82) is 0 Å². The summed E-state index contributed by atoms with van der Waals surface area (Å²) in [6, 6.07) is 0.523. The Hall–Kier alpha value is -0.330. The Morgan fingerprint density at radius 1 is 1.60 bits per heavy atom. The molecule has 0 unspecified atom stereocenters. The Morgan fingerprint density at radius 3 is 1.80 bits per heavy atom. The molecule has 0 aromatic carbocycles. The van der Waals surface area contributed by atoms with Gasteiger partial charge in [-0.3, -0.25) is 4.99 Å². The molecule has 0 aliphatic heterocycles. The molecule has 30 valence electrons. The van der Waals surface area contributed by atoms with Crippen LogP contribution in [0.1, 0.15) is 13.8 Å². The molecule has 0 aromatic rings. The second-order valence-corrected chi connectivity index (χ2v) is 1.36. The van der Waals surface area contributed by atoms with Crippen LogP contribution in [0.4, 0.5) is 0 Å². The van der Waals surface area contributed by atoms with E-state index in [1.807, 2.05) is 13.8 Å². The fraction of sp³-hybridized carbons (Fsp3) is 0.750. The monoisotopic (exact) mass is 72.1 g/mol. The summed E-state index contributed by atoms with van der Waals surface area (Å²) < 4.78 is 0. The lowest BCUT2D eigenvalue weighted by Gasteiger charge is -1.78. The molecule has 0 atom stereocenters. The Balaban J connectivity index is 2.83. The minimum atomic E-state index is 0.523. The topological polar surface area (TPSA) is 14.0 Å². The zero-order valence-corrected chi connectivity index (χ0v) is 3.78. The third kappa shape index (κ3) is 3.67. The summed E-state index contributed by atoms with van der Waals surface area (Å²) in [5.74, 6) is 0. The van der Waals surface area contributed by atoms with Crippen molar-refractivity contribution in [1.82, 2.24) is 0 Å². The summed E-state index contributed by atoms with van der Waals surface area (Å²) in [6.45, 7) is 7.53. The average Bonchev–Trinajstić information content (AvgIpc) is 1.38. The molecule has 0 saturated heterocycles. The van der Waals surface area contributed by atoms with Gasteiger partial charge in [0.1, 0.15) is 12.8 Å². The van der Waals surface area contributed by atoms with E-state index in [2.05, 4.69) is 11.7 Å². The summed E-state index contributed by atoms with van der Waals surface area (Å²) in [5, 5.41) is 0. The maximum absolute atomic E-state index is 3.44. The summed E-state index contributed by atoms with van der Waals surface area (Å²) in [6.07, 6.45) is 0. The molecule has 5 heavy (non-hydrogen) atoms. The molecule has 0 bridgehead atoms. The van der Waals surface area contributed by atoms with Gasteiger partial charge in [0.25, 0.3) is 0 Å². The minimum Gasteiger partial charge on any atom is -0.252 e. The molecule has 0 fully saturated rings. The van der Waals surface area contributed by atoms with Gasteiger partial charge < -0.3 is 0 Å². The Bertz CT molecular complexity index is 30.6. The molecular weight excluding hydrogens is 62.1 g/mol. The molecule has 0 heterocycles. The molecule has 0 aliphatic rings. The lowest BCUT2D eigenvalue weighted by Crippen LogP contribution is -2.71. The van der Waals surface area contributed by atoms with E-state index in [0.29, 0.717) is 6.04 Å². The van der Waals surface area contributed by atoms with Gasteiger partial charge in [0.2, 0.25) is 0 Å². The summed E-state index contributed by atoms with van der Waals surface area (Å²) >= 11 is 0. The molecule has 0 rings (SSSR count). The molecule has 0 amide bonds. The molecule has 0 spiro atoms. The van der Waals surface area contributed by atoms with Gasteiger partial charge in [-0.2, -0.15) is 0 Å².